The number of hydrogen-bond acceptors (Lipinski definition) is 7. The molecule has 0 aliphatic rings. The van der Waals surface area contributed by atoms with Gasteiger partial charge in [-0.2, -0.15) is 0 Å². The number of ether oxygens (including phenoxy) is 4. The minimum atomic E-state index is -1.52. The van der Waals surface area contributed by atoms with Crippen LogP contribution in [0.5, 0.6) is 0 Å². The summed E-state index contributed by atoms with van der Waals surface area (Å²) in [6.07, 6.45) is 94.1. The summed E-state index contributed by atoms with van der Waals surface area (Å²) in [5.41, 5.74) is 0. The van der Waals surface area contributed by atoms with Crippen molar-refractivity contribution >= 4 is 17.9 Å². The van der Waals surface area contributed by atoms with E-state index in [0.717, 1.165) is 122 Å². The van der Waals surface area contributed by atoms with Gasteiger partial charge in [0.15, 0.2) is 6.10 Å². The molecular formula is C78H132NO8+. The van der Waals surface area contributed by atoms with E-state index < -0.39 is 24.3 Å². The molecule has 0 heterocycles. The molecule has 87 heavy (non-hydrogen) atoms. The van der Waals surface area contributed by atoms with Crippen molar-refractivity contribution in [1.82, 2.24) is 0 Å². The number of unbranched alkanes of at least 4 members (excludes halogenated alkanes) is 27. The molecule has 1 N–H and O–H groups in total. The van der Waals surface area contributed by atoms with Crippen LogP contribution in [0.4, 0.5) is 0 Å². The fraction of sp³-hybridized carbons (Fsp3) is 0.679. The van der Waals surface area contributed by atoms with E-state index in [1.165, 1.54) is 128 Å². The number of aliphatic carboxylic acids is 1. The van der Waals surface area contributed by atoms with Crippen LogP contribution >= 0.6 is 0 Å². The van der Waals surface area contributed by atoms with Crippen LogP contribution in [-0.4, -0.2) is 87.4 Å². The van der Waals surface area contributed by atoms with Crippen molar-refractivity contribution < 1.29 is 42.9 Å². The van der Waals surface area contributed by atoms with E-state index in [0.29, 0.717) is 23.9 Å². The van der Waals surface area contributed by atoms with E-state index in [1.54, 1.807) is 0 Å². The number of carbonyl (C=O) groups excluding carboxylic acids is 2. The molecule has 2 unspecified atom stereocenters. The Bertz CT molecular complexity index is 1890. The number of nitrogens with zero attached hydrogens (tertiary/aromatic N) is 1. The Hall–Kier alpha value is -4.57. The minimum Gasteiger partial charge on any atom is -0.477 e. The van der Waals surface area contributed by atoms with E-state index in [1.807, 2.05) is 21.1 Å². The normalized spacial score (nSPS) is 13.5. The molecule has 9 nitrogen and oxygen atoms in total. The van der Waals surface area contributed by atoms with Crippen molar-refractivity contribution in [2.45, 2.75) is 296 Å². The highest BCUT2D eigenvalue weighted by Gasteiger charge is 2.25. The first-order chi connectivity index (χ1) is 42.6. The van der Waals surface area contributed by atoms with Crippen LogP contribution in [0.1, 0.15) is 284 Å². The smallest absolute Gasteiger partial charge is 0.361 e. The van der Waals surface area contributed by atoms with Gasteiger partial charge in [-0.05, 0) is 116 Å². The van der Waals surface area contributed by atoms with Crippen LogP contribution in [0.15, 0.2) is 134 Å². The summed E-state index contributed by atoms with van der Waals surface area (Å²) in [5.74, 6) is -2.03. The standard InChI is InChI=1S/C78H131NO8/c1-6-8-10-12-14-16-18-20-22-24-26-28-30-32-34-36-38-40-42-44-46-48-50-52-54-56-58-60-62-64-66-68-75(80)85-72-74(73-86-78(77(82)83)84-71-70-79(3,4)5)87-76(81)69-67-65-63-61-59-57-55-53-51-49-47-45-43-41-39-37-35-33-31-29-27-25-23-21-19-17-15-13-11-9-7-2/h9,11,15,17-18,20-21,23-24,26-27,29-30,32-33,35,39,41,45,47,51,53,74,78H,6-8,10,12-14,16,19,22,25,28,31,34,36-38,40,42-44,46,48-50,52,54-73H2,1-5H3/p+1/b11-9-,17-15-,20-18-,23-21-,26-24-,29-27-,32-30-,35-33-,41-39-,47-45-,53-51-. The van der Waals surface area contributed by atoms with Crippen LogP contribution in [-0.2, 0) is 33.3 Å². The van der Waals surface area contributed by atoms with Crippen molar-refractivity contribution in [2.75, 3.05) is 47.5 Å². The van der Waals surface area contributed by atoms with Crippen LogP contribution in [0.25, 0.3) is 0 Å². The number of quaternary nitrogens is 1. The number of carboxylic acids is 1. The van der Waals surface area contributed by atoms with Crippen molar-refractivity contribution in [3.8, 4) is 0 Å². The Labute approximate surface area is 535 Å². The lowest BCUT2D eigenvalue weighted by Crippen LogP contribution is -2.40. The second-order valence-corrected chi connectivity index (χ2v) is 24.5. The van der Waals surface area contributed by atoms with Crippen molar-refractivity contribution in [3.63, 3.8) is 0 Å². The molecule has 0 radical (unpaired) electrons. The minimum absolute atomic E-state index is 0.178. The molecule has 0 aliphatic carbocycles. The number of carboxylic acid groups (broad SMARTS) is 1. The van der Waals surface area contributed by atoms with E-state index in [9.17, 15) is 19.5 Å². The van der Waals surface area contributed by atoms with Gasteiger partial charge >= 0.3 is 17.9 Å². The first-order valence-electron chi connectivity index (χ1n) is 35.3. The quantitative estimate of drug-likeness (QED) is 0.0211. The molecule has 0 saturated carbocycles. The first kappa shape index (κ1) is 82.4. The van der Waals surface area contributed by atoms with Crippen LogP contribution in [0.3, 0.4) is 0 Å². The lowest BCUT2D eigenvalue weighted by molar-refractivity contribution is -0.870. The maximum absolute atomic E-state index is 12.9. The number of likely N-dealkylation sites (N-methyl/N-ethyl adjacent to an activating group) is 1. The average molecular weight is 1210 g/mol. The molecule has 0 aromatic heterocycles. The number of carbonyl (C=O) groups is 3. The zero-order chi connectivity index (χ0) is 63.3. The fourth-order valence-electron chi connectivity index (χ4n) is 9.51. The maximum atomic E-state index is 12.9. The predicted molar refractivity (Wildman–Crippen MR) is 373 cm³/mol. The molecule has 0 spiro atoms. The summed E-state index contributed by atoms with van der Waals surface area (Å²) in [5, 5.41) is 9.75. The Morgan fingerprint density at radius 1 is 0.356 bits per heavy atom. The fourth-order valence-corrected chi connectivity index (χ4v) is 9.51. The molecule has 0 aromatic carbocycles. The third-order valence-corrected chi connectivity index (χ3v) is 14.9. The highest BCUT2D eigenvalue weighted by Crippen LogP contribution is 2.16. The molecular weight excluding hydrogens is 1080 g/mol. The summed E-state index contributed by atoms with van der Waals surface area (Å²) in [6, 6.07) is 0. The topological polar surface area (TPSA) is 108 Å². The zero-order valence-corrected chi connectivity index (χ0v) is 56.6. The van der Waals surface area contributed by atoms with Gasteiger partial charge in [-0.15, -0.1) is 0 Å². The summed E-state index contributed by atoms with van der Waals surface area (Å²) in [6.45, 7) is 4.74. The van der Waals surface area contributed by atoms with E-state index in [4.69, 9.17) is 18.9 Å². The van der Waals surface area contributed by atoms with E-state index in [2.05, 4.69) is 148 Å². The highest BCUT2D eigenvalue weighted by molar-refractivity contribution is 5.71. The van der Waals surface area contributed by atoms with Crippen molar-refractivity contribution in [2.24, 2.45) is 0 Å². The van der Waals surface area contributed by atoms with Crippen LogP contribution < -0.4 is 0 Å². The number of esters is 2. The van der Waals surface area contributed by atoms with Gasteiger partial charge in [-0.1, -0.05) is 289 Å². The van der Waals surface area contributed by atoms with Crippen LogP contribution in [0.2, 0.25) is 0 Å². The third kappa shape index (κ3) is 68.8. The number of rotatable bonds is 64. The second-order valence-electron chi connectivity index (χ2n) is 24.5. The largest absolute Gasteiger partial charge is 0.477 e. The van der Waals surface area contributed by atoms with Crippen molar-refractivity contribution in [3.05, 3.63) is 134 Å². The second kappa shape index (κ2) is 67.4. The Morgan fingerprint density at radius 2 is 0.655 bits per heavy atom. The summed E-state index contributed by atoms with van der Waals surface area (Å²) in [7, 11) is 5.97. The molecule has 0 aliphatic heterocycles. The molecule has 0 bridgehead atoms. The lowest BCUT2D eigenvalue weighted by Gasteiger charge is -2.25. The molecule has 0 amide bonds. The highest BCUT2D eigenvalue weighted by atomic mass is 16.7. The average Bonchev–Trinajstić information content (AvgIpc) is 3.56. The van der Waals surface area contributed by atoms with Crippen LogP contribution in [0, 0.1) is 0 Å². The third-order valence-electron chi connectivity index (χ3n) is 14.9. The molecule has 9 heteroatoms. The monoisotopic (exact) mass is 1210 g/mol. The lowest BCUT2D eigenvalue weighted by atomic mass is 10.0. The van der Waals surface area contributed by atoms with Crippen molar-refractivity contribution in [1.29, 1.82) is 0 Å². The Morgan fingerprint density at radius 3 is 0.977 bits per heavy atom. The summed E-state index contributed by atoms with van der Waals surface area (Å²) < 4.78 is 23.0. The molecule has 2 atom stereocenters. The molecule has 496 valence electrons. The van der Waals surface area contributed by atoms with Gasteiger partial charge in [0, 0.05) is 12.8 Å². The van der Waals surface area contributed by atoms with Gasteiger partial charge in [-0.3, -0.25) is 9.59 Å². The maximum Gasteiger partial charge on any atom is 0.361 e. The molecule has 0 fully saturated rings. The zero-order valence-electron chi connectivity index (χ0n) is 56.6. The van der Waals surface area contributed by atoms with Gasteiger partial charge in [-0.25, -0.2) is 4.79 Å². The van der Waals surface area contributed by atoms with Gasteiger partial charge in [0.1, 0.15) is 13.2 Å². The first-order valence-corrected chi connectivity index (χ1v) is 35.3. The van der Waals surface area contributed by atoms with Gasteiger partial charge in [0.25, 0.3) is 6.29 Å². The summed E-state index contributed by atoms with van der Waals surface area (Å²) >= 11 is 0. The van der Waals surface area contributed by atoms with Gasteiger partial charge < -0.3 is 28.5 Å². The Kier molecular flexibility index (Phi) is 63.8. The number of hydrogen-bond donors (Lipinski definition) is 1. The molecule has 0 aromatic rings. The Balaban J connectivity index is 4.19. The molecule has 0 rings (SSSR count). The van der Waals surface area contributed by atoms with Gasteiger partial charge in [0.2, 0.25) is 0 Å². The molecule has 0 saturated heterocycles. The van der Waals surface area contributed by atoms with E-state index in [-0.39, 0.29) is 32.2 Å². The van der Waals surface area contributed by atoms with Gasteiger partial charge in [0.05, 0.1) is 34.4 Å². The number of allylic oxidation sites excluding steroid dienone is 22. The summed E-state index contributed by atoms with van der Waals surface area (Å²) in [4.78, 5) is 37.6. The SMILES string of the molecule is CC/C=C\C/C=C\C/C=C\C/C=C\C/C=C\C/C=C\C/C=C\C/C=C\CCCCCCCCC(=O)OC(COC(=O)CCCCCCCCCCCCCCCCCC/C=C\C/C=C\C/C=C\CCCCCCC)COC(OCC[N+](C)(C)C)C(=O)O. The predicted octanol–water partition coefficient (Wildman–Crippen LogP) is 22.1. The van der Waals surface area contributed by atoms with E-state index >= 15 is 0 Å².